The molecule has 0 aliphatic carbocycles. The number of allylic oxidation sites excluding steroid dienone is 1. The molecule has 140 valence electrons. The SMILES string of the molecule is C[C@@H](Oc1ccc(-c2ccccc2)cc1)C(=O)N/N=C\C=C\c1ccccc1. The van der Waals surface area contributed by atoms with E-state index in [1.165, 1.54) is 6.21 Å². The zero-order chi connectivity index (χ0) is 19.6. The van der Waals surface area contributed by atoms with E-state index in [4.69, 9.17) is 4.74 Å². The van der Waals surface area contributed by atoms with Gasteiger partial charge in [-0.25, -0.2) is 5.43 Å². The molecule has 1 N–H and O–H groups in total. The lowest BCUT2D eigenvalue weighted by Crippen LogP contribution is -2.33. The number of hydrogen-bond donors (Lipinski definition) is 1. The second kappa shape index (κ2) is 9.88. The van der Waals surface area contributed by atoms with Crippen molar-refractivity contribution in [2.75, 3.05) is 0 Å². The first-order valence-corrected chi connectivity index (χ1v) is 9.09. The molecule has 28 heavy (non-hydrogen) atoms. The second-order valence-corrected chi connectivity index (χ2v) is 6.17. The smallest absolute Gasteiger partial charge is 0.280 e. The Morgan fingerprint density at radius 3 is 2.18 bits per heavy atom. The monoisotopic (exact) mass is 370 g/mol. The number of hydrogen-bond acceptors (Lipinski definition) is 3. The van der Waals surface area contributed by atoms with E-state index in [-0.39, 0.29) is 5.91 Å². The molecule has 1 atom stereocenters. The van der Waals surface area contributed by atoms with Crippen LogP contribution in [-0.4, -0.2) is 18.2 Å². The third-order valence-electron chi connectivity index (χ3n) is 4.07. The first kappa shape index (κ1) is 19.1. The highest BCUT2D eigenvalue weighted by atomic mass is 16.5. The minimum absolute atomic E-state index is 0.309. The number of nitrogens with one attached hydrogen (secondary N) is 1. The summed E-state index contributed by atoms with van der Waals surface area (Å²) in [4.78, 5) is 12.1. The molecule has 0 aliphatic heterocycles. The Balaban J connectivity index is 1.48. The molecule has 3 aromatic rings. The molecule has 0 spiro atoms. The normalized spacial score (nSPS) is 12.2. The van der Waals surface area contributed by atoms with Crippen molar-refractivity contribution in [1.82, 2.24) is 5.43 Å². The first-order chi connectivity index (χ1) is 13.7. The Bertz CT molecular complexity index is 933. The van der Waals surface area contributed by atoms with Crippen LogP contribution in [0.5, 0.6) is 5.75 Å². The molecule has 0 heterocycles. The average molecular weight is 370 g/mol. The predicted octanol–water partition coefficient (Wildman–Crippen LogP) is 4.94. The highest BCUT2D eigenvalue weighted by Gasteiger charge is 2.13. The number of benzene rings is 3. The van der Waals surface area contributed by atoms with Gasteiger partial charge >= 0.3 is 0 Å². The highest BCUT2D eigenvalue weighted by Crippen LogP contribution is 2.22. The number of ether oxygens (including phenoxy) is 1. The van der Waals surface area contributed by atoms with Crippen LogP contribution in [0.4, 0.5) is 0 Å². The van der Waals surface area contributed by atoms with Crippen molar-refractivity contribution in [3.05, 3.63) is 96.6 Å². The van der Waals surface area contributed by atoms with E-state index >= 15 is 0 Å². The molecule has 0 aliphatic rings. The lowest BCUT2D eigenvalue weighted by Gasteiger charge is -2.13. The van der Waals surface area contributed by atoms with Crippen LogP contribution in [0.15, 0.2) is 96.1 Å². The zero-order valence-electron chi connectivity index (χ0n) is 15.7. The van der Waals surface area contributed by atoms with Gasteiger partial charge in [0.15, 0.2) is 6.10 Å². The van der Waals surface area contributed by atoms with Gasteiger partial charge < -0.3 is 4.74 Å². The fraction of sp³-hybridized carbons (Fsp3) is 0.0833. The predicted molar refractivity (Wildman–Crippen MR) is 114 cm³/mol. The van der Waals surface area contributed by atoms with Crippen molar-refractivity contribution < 1.29 is 9.53 Å². The van der Waals surface area contributed by atoms with Crippen molar-refractivity contribution >= 4 is 18.2 Å². The van der Waals surface area contributed by atoms with Crippen molar-refractivity contribution in [2.45, 2.75) is 13.0 Å². The summed E-state index contributed by atoms with van der Waals surface area (Å²) in [5.41, 5.74) is 5.78. The molecular weight excluding hydrogens is 348 g/mol. The Labute approximate surface area is 165 Å². The standard InChI is InChI=1S/C24H22N2O2/c1-19(24(27)26-25-18-8-11-20-9-4-2-5-10-20)28-23-16-14-22(15-17-23)21-12-6-3-7-13-21/h2-19H,1H3,(H,26,27)/b11-8+,25-18-/t19-/m1/s1. The van der Waals surface area contributed by atoms with Crippen molar-refractivity contribution in [2.24, 2.45) is 5.10 Å². The van der Waals surface area contributed by atoms with Gasteiger partial charge in [-0.3, -0.25) is 4.79 Å². The fourth-order valence-corrected chi connectivity index (χ4v) is 2.57. The van der Waals surface area contributed by atoms with Gasteiger partial charge in [0.1, 0.15) is 5.75 Å². The molecule has 0 fully saturated rings. The van der Waals surface area contributed by atoms with Gasteiger partial charge in [-0.05, 0) is 41.8 Å². The summed E-state index contributed by atoms with van der Waals surface area (Å²) in [6.45, 7) is 1.69. The summed E-state index contributed by atoms with van der Waals surface area (Å²) >= 11 is 0. The van der Waals surface area contributed by atoms with Crippen LogP contribution in [0, 0.1) is 0 Å². The summed E-state index contributed by atoms with van der Waals surface area (Å²) in [6.07, 6.45) is 4.55. The highest BCUT2D eigenvalue weighted by molar-refractivity contribution is 5.83. The zero-order valence-corrected chi connectivity index (χ0v) is 15.7. The molecule has 0 saturated heterocycles. The number of carbonyl (C=O) groups excluding carboxylic acids is 1. The molecule has 4 heteroatoms. The maximum atomic E-state index is 12.1. The van der Waals surface area contributed by atoms with Crippen molar-refractivity contribution in [3.8, 4) is 16.9 Å². The van der Waals surface area contributed by atoms with E-state index < -0.39 is 6.10 Å². The summed E-state index contributed by atoms with van der Waals surface area (Å²) in [6, 6.07) is 27.6. The van der Waals surface area contributed by atoms with E-state index in [1.54, 1.807) is 13.0 Å². The molecule has 0 radical (unpaired) electrons. The van der Waals surface area contributed by atoms with Crippen LogP contribution >= 0.6 is 0 Å². The van der Waals surface area contributed by atoms with Gasteiger partial charge in [-0.1, -0.05) is 78.9 Å². The Kier molecular flexibility index (Phi) is 6.74. The number of rotatable bonds is 7. The number of carbonyl (C=O) groups is 1. The van der Waals surface area contributed by atoms with E-state index in [2.05, 4.69) is 22.7 Å². The molecule has 0 aromatic heterocycles. The minimum Gasteiger partial charge on any atom is -0.481 e. The van der Waals surface area contributed by atoms with Crippen LogP contribution in [0.25, 0.3) is 17.2 Å². The fourth-order valence-electron chi connectivity index (χ4n) is 2.57. The second-order valence-electron chi connectivity index (χ2n) is 6.17. The van der Waals surface area contributed by atoms with Gasteiger partial charge in [0.25, 0.3) is 5.91 Å². The van der Waals surface area contributed by atoms with Gasteiger partial charge in [0, 0.05) is 6.21 Å². The molecule has 1 amide bonds. The van der Waals surface area contributed by atoms with Crippen LogP contribution in [0.1, 0.15) is 12.5 Å². The van der Waals surface area contributed by atoms with Gasteiger partial charge in [0.05, 0.1) is 0 Å². The van der Waals surface area contributed by atoms with E-state index in [0.717, 1.165) is 16.7 Å². The number of amides is 1. The molecular formula is C24H22N2O2. The van der Waals surface area contributed by atoms with E-state index in [1.807, 2.05) is 78.9 Å². The molecule has 3 aromatic carbocycles. The minimum atomic E-state index is -0.655. The molecule has 0 bridgehead atoms. The summed E-state index contributed by atoms with van der Waals surface area (Å²) in [5.74, 6) is 0.326. The molecule has 4 nitrogen and oxygen atoms in total. The van der Waals surface area contributed by atoms with Crippen molar-refractivity contribution in [3.63, 3.8) is 0 Å². The van der Waals surface area contributed by atoms with Crippen LogP contribution < -0.4 is 10.2 Å². The molecule has 0 saturated carbocycles. The average Bonchev–Trinajstić information content (AvgIpc) is 2.75. The maximum Gasteiger partial charge on any atom is 0.280 e. The lowest BCUT2D eigenvalue weighted by molar-refractivity contribution is -0.127. The van der Waals surface area contributed by atoms with Gasteiger partial charge in [0.2, 0.25) is 0 Å². The summed E-state index contributed by atoms with van der Waals surface area (Å²) in [5, 5.41) is 3.91. The Morgan fingerprint density at radius 1 is 0.893 bits per heavy atom. The third-order valence-corrected chi connectivity index (χ3v) is 4.07. The Hall–Kier alpha value is -3.66. The Morgan fingerprint density at radius 2 is 1.50 bits per heavy atom. The maximum absolute atomic E-state index is 12.1. The van der Waals surface area contributed by atoms with Crippen LogP contribution in [0.3, 0.4) is 0 Å². The summed E-state index contributed by atoms with van der Waals surface area (Å²) < 4.78 is 5.69. The van der Waals surface area contributed by atoms with E-state index in [9.17, 15) is 4.79 Å². The van der Waals surface area contributed by atoms with Crippen LogP contribution in [-0.2, 0) is 4.79 Å². The topological polar surface area (TPSA) is 50.7 Å². The van der Waals surface area contributed by atoms with E-state index in [0.29, 0.717) is 5.75 Å². The van der Waals surface area contributed by atoms with Gasteiger partial charge in [-0.2, -0.15) is 5.10 Å². The van der Waals surface area contributed by atoms with Crippen molar-refractivity contribution in [1.29, 1.82) is 0 Å². The van der Waals surface area contributed by atoms with Crippen LogP contribution in [0.2, 0.25) is 0 Å². The number of hydrazone groups is 1. The lowest BCUT2D eigenvalue weighted by atomic mass is 10.1. The molecule has 0 unspecified atom stereocenters. The summed E-state index contributed by atoms with van der Waals surface area (Å²) in [7, 11) is 0. The number of nitrogens with zero attached hydrogens (tertiary/aromatic N) is 1. The quantitative estimate of drug-likeness (QED) is 0.473. The third kappa shape index (κ3) is 5.68. The largest absolute Gasteiger partial charge is 0.481 e. The van der Waals surface area contributed by atoms with Gasteiger partial charge in [-0.15, -0.1) is 0 Å². The first-order valence-electron chi connectivity index (χ1n) is 9.09. The molecule has 3 rings (SSSR count).